The lowest BCUT2D eigenvalue weighted by molar-refractivity contribution is -0.360. The number of rotatable bonds is 63. The average molecular weight is 1460 g/mol. The molecule has 3 fully saturated rings. The van der Waals surface area contributed by atoms with Gasteiger partial charge in [-0.15, -0.1) is 0 Å². The lowest BCUT2D eigenvalue weighted by Crippen LogP contribution is -2.69. The van der Waals surface area contributed by atoms with Gasteiger partial charge in [0.05, 0.1) is 13.2 Å². The van der Waals surface area contributed by atoms with Gasteiger partial charge in [-0.05, 0) is 19.3 Å². The van der Waals surface area contributed by atoms with Crippen LogP contribution >= 0.6 is 7.82 Å². The van der Waals surface area contributed by atoms with Gasteiger partial charge in [0.2, 0.25) is 0 Å². The van der Waals surface area contributed by atoms with Crippen molar-refractivity contribution in [2.75, 3.05) is 26.4 Å². The first kappa shape index (κ1) is 92.2. The highest BCUT2D eigenvalue weighted by molar-refractivity contribution is 7.47. The van der Waals surface area contributed by atoms with Gasteiger partial charge < -0.3 is 89.1 Å². The maximum Gasteiger partial charge on any atom is 0.472 e. The number of carbonyl (C=O) groups is 3. The Morgan fingerprint density at radius 3 is 0.980 bits per heavy atom. The Morgan fingerprint density at radius 2 is 0.640 bits per heavy atom. The van der Waals surface area contributed by atoms with E-state index in [1.54, 1.807) is 0 Å². The van der Waals surface area contributed by atoms with Gasteiger partial charge >= 0.3 is 25.7 Å². The zero-order valence-corrected chi connectivity index (χ0v) is 62.7. The normalized spacial score (nSPS) is 27.3. The molecule has 3 rings (SSSR count). The first-order valence-corrected chi connectivity index (χ1v) is 41.3. The maximum atomic E-state index is 14.4. The van der Waals surface area contributed by atoms with Crippen molar-refractivity contribution < 1.29 is 117 Å². The smallest absolute Gasteiger partial charge is 0.463 e. The van der Waals surface area contributed by atoms with Crippen molar-refractivity contribution in [3.8, 4) is 0 Å². The van der Waals surface area contributed by atoms with Crippen molar-refractivity contribution in [3.05, 3.63) is 0 Å². The summed E-state index contributed by atoms with van der Waals surface area (Å²) in [6.45, 7) is 3.49. The first-order chi connectivity index (χ1) is 48.3. The molecule has 0 aromatic heterocycles. The van der Waals surface area contributed by atoms with Crippen LogP contribution in [0.4, 0.5) is 0 Å². The molecule has 590 valence electrons. The minimum absolute atomic E-state index is 0.0325. The van der Waals surface area contributed by atoms with E-state index in [1.165, 1.54) is 180 Å². The minimum Gasteiger partial charge on any atom is -0.463 e. The summed E-state index contributed by atoms with van der Waals surface area (Å²) in [4.78, 5) is 51.1. The molecule has 18 atom stereocenters. The summed E-state index contributed by atoms with van der Waals surface area (Å²) in [6, 6.07) is 0. The quantitative estimate of drug-likeness (QED) is 0.0117. The fourth-order valence-electron chi connectivity index (χ4n) is 13.4. The molecule has 2 heterocycles. The molecular weight excluding hydrogens is 1320 g/mol. The molecule has 11 N–H and O–H groups in total. The summed E-state index contributed by atoms with van der Waals surface area (Å²) in [5.74, 6) is -1.97. The predicted octanol–water partition coefficient (Wildman–Crippen LogP) is 11.7. The van der Waals surface area contributed by atoms with E-state index in [4.69, 9.17) is 42.2 Å². The number of unbranched alkanes of at least 4 members (excludes halogenated alkanes) is 42. The Morgan fingerprint density at radius 1 is 0.350 bits per heavy atom. The van der Waals surface area contributed by atoms with Gasteiger partial charge in [0.25, 0.3) is 0 Å². The molecule has 0 bridgehead atoms. The summed E-state index contributed by atoms with van der Waals surface area (Å²) < 4.78 is 65.2. The monoisotopic (exact) mass is 1460 g/mol. The summed E-state index contributed by atoms with van der Waals surface area (Å²) in [7, 11) is -5.69. The molecule has 1 aliphatic carbocycles. The summed E-state index contributed by atoms with van der Waals surface area (Å²) >= 11 is 0. The Bertz CT molecular complexity index is 2060. The van der Waals surface area contributed by atoms with Crippen molar-refractivity contribution in [2.24, 2.45) is 0 Å². The lowest BCUT2D eigenvalue weighted by atomic mass is 9.84. The summed E-state index contributed by atoms with van der Waals surface area (Å²) in [5.41, 5.74) is 0. The summed E-state index contributed by atoms with van der Waals surface area (Å²) in [5, 5.41) is 110. The van der Waals surface area contributed by atoms with Crippen LogP contribution in [0.1, 0.15) is 329 Å². The molecule has 0 aromatic rings. The third kappa shape index (κ3) is 39.5. The highest BCUT2D eigenvalue weighted by atomic mass is 31.2. The van der Waals surface area contributed by atoms with Crippen molar-refractivity contribution in [2.45, 2.75) is 433 Å². The van der Waals surface area contributed by atoms with Gasteiger partial charge in [-0.1, -0.05) is 290 Å². The van der Waals surface area contributed by atoms with Gasteiger partial charge in [-0.3, -0.25) is 23.4 Å². The first-order valence-electron chi connectivity index (χ1n) is 39.8. The zero-order chi connectivity index (χ0) is 73.2. The van der Waals surface area contributed by atoms with Gasteiger partial charge in [0.15, 0.2) is 18.7 Å². The molecule has 2 aliphatic heterocycles. The van der Waals surface area contributed by atoms with E-state index < -0.39 is 156 Å². The zero-order valence-electron chi connectivity index (χ0n) is 61.8. The maximum absolute atomic E-state index is 14.4. The van der Waals surface area contributed by atoms with Crippen LogP contribution in [0.5, 0.6) is 0 Å². The molecule has 1 saturated carbocycles. The van der Waals surface area contributed by atoms with Crippen LogP contribution in [-0.4, -0.2) is 204 Å². The molecule has 2 saturated heterocycles. The van der Waals surface area contributed by atoms with E-state index in [0.717, 1.165) is 89.9 Å². The molecule has 0 radical (unpaired) electrons. The number of hydrogen-bond donors (Lipinski definition) is 11. The number of ether oxygens (including phenoxy) is 7. The topological polar surface area (TPSA) is 374 Å². The van der Waals surface area contributed by atoms with Crippen LogP contribution < -0.4 is 0 Å². The van der Waals surface area contributed by atoms with E-state index in [-0.39, 0.29) is 19.3 Å². The van der Waals surface area contributed by atoms with Crippen LogP contribution in [-0.2, 0) is 61.2 Å². The highest BCUT2D eigenvalue weighted by Gasteiger charge is 2.58. The second-order valence-corrected chi connectivity index (χ2v) is 30.2. The molecule has 0 aromatic carbocycles. The second-order valence-electron chi connectivity index (χ2n) is 28.8. The standard InChI is InChI=1S/C75H141O24P/c1-4-7-10-13-16-19-22-25-27-29-31-33-36-39-42-45-48-51-61(79)94-56(53-91-59(77)49-46-43-40-38-35-32-30-28-26-23-20-17-14-11-8-5-2)54-93-100(89,90)99-73-71(97-74-69(87)64(82)62(80)57(52-76)95-74)67(85)66(84)68(86)72(73)98-75-70(88)65(83)63(81)58(96-75)55-92-60(78)50-47-44-41-37-34-24-21-18-15-12-9-6-3/h56-58,62-76,80-88H,4-55H2,1-3H3,(H,89,90). The van der Waals surface area contributed by atoms with Gasteiger partial charge in [0.1, 0.15) is 98.7 Å². The molecule has 100 heavy (non-hydrogen) atoms. The largest absolute Gasteiger partial charge is 0.472 e. The Hall–Kier alpha value is -2.04. The average Bonchev–Trinajstić information content (AvgIpc) is 0.762. The van der Waals surface area contributed by atoms with Crippen LogP contribution in [0.3, 0.4) is 0 Å². The molecule has 24 nitrogen and oxygen atoms in total. The number of phosphoric acid groups is 1. The minimum atomic E-state index is -5.69. The van der Waals surface area contributed by atoms with E-state index in [1.807, 2.05) is 0 Å². The number of hydrogen-bond acceptors (Lipinski definition) is 23. The van der Waals surface area contributed by atoms with Crippen molar-refractivity contribution >= 4 is 25.7 Å². The number of aliphatic hydroxyl groups is 10. The van der Waals surface area contributed by atoms with Crippen LogP contribution in [0.25, 0.3) is 0 Å². The number of carbonyl (C=O) groups excluding carboxylic acids is 3. The van der Waals surface area contributed by atoms with E-state index in [9.17, 15) is 74.9 Å². The molecule has 0 amide bonds. The van der Waals surface area contributed by atoms with E-state index in [0.29, 0.717) is 19.3 Å². The number of esters is 3. The van der Waals surface area contributed by atoms with Crippen molar-refractivity contribution in [1.82, 2.24) is 0 Å². The molecular formula is C75H141O24P. The molecule has 25 heteroatoms. The van der Waals surface area contributed by atoms with Crippen molar-refractivity contribution in [3.63, 3.8) is 0 Å². The highest BCUT2D eigenvalue weighted by Crippen LogP contribution is 2.49. The van der Waals surface area contributed by atoms with Crippen LogP contribution in [0.15, 0.2) is 0 Å². The Labute approximate surface area is 600 Å². The fourth-order valence-corrected chi connectivity index (χ4v) is 14.4. The molecule has 18 unspecified atom stereocenters. The van der Waals surface area contributed by atoms with Gasteiger partial charge in [-0.25, -0.2) is 4.57 Å². The van der Waals surface area contributed by atoms with E-state index in [2.05, 4.69) is 20.8 Å². The van der Waals surface area contributed by atoms with Crippen LogP contribution in [0, 0.1) is 0 Å². The number of aliphatic hydroxyl groups excluding tert-OH is 10. The van der Waals surface area contributed by atoms with E-state index >= 15 is 0 Å². The molecule has 3 aliphatic rings. The summed E-state index contributed by atoms with van der Waals surface area (Å²) in [6.07, 6.45) is 15.8. The molecule has 0 spiro atoms. The van der Waals surface area contributed by atoms with Crippen LogP contribution in [0.2, 0.25) is 0 Å². The fraction of sp³-hybridized carbons (Fsp3) is 0.960. The SMILES string of the molecule is CCCCCCCCCCCCCCCCCCCC(=O)OC(COC(=O)CCCCCCCCCCCCCCCCCC)COP(=O)(O)OC1C(OC2OC(CO)C(O)C(O)C2O)C(O)C(O)C(O)C1OC1OC(COC(=O)CCCCCCCCCCCCCC)C(O)C(O)C1O. The lowest BCUT2D eigenvalue weighted by Gasteiger charge is -2.49. The second kappa shape index (κ2) is 57.2. The van der Waals surface area contributed by atoms with Gasteiger partial charge in [0, 0.05) is 19.3 Å². The third-order valence-corrected chi connectivity index (χ3v) is 20.9. The predicted molar refractivity (Wildman–Crippen MR) is 379 cm³/mol. The third-order valence-electron chi connectivity index (χ3n) is 19.9. The Kier molecular flexibility index (Phi) is 52.7. The number of phosphoric ester groups is 1. The van der Waals surface area contributed by atoms with Crippen molar-refractivity contribution in [1.29, 1.82) is 0 Å². The van der Waals surface area contributed by atoms with Gasteiger partial charge in [-0.2, -0.15) is 0 Å². The Balaban J connectivity index is 1.71.